The van der Waals surface area contributed by atoms with Gasteiger partial charge in [0.2, 0.25) is 12.4 Å². The van der Waals surface area contributed by atoms with Gasteiger partial charge >= 0.3 is 0 Å². The lowest BCUT2D eigenvalue weighted by atomic mass is 10.6. The standard InChI is InChI=1S/C6H12N6O/c1-2-8-6(11-7)9-3-5-10-4-13-12-5/h4H,2-3,7H2,1H3,(H2,8,9,11). The average molecular weight is 184 g/mol. The fourth-order valence-electron chi connectivity index (χ4n) is 0.732. The summed E-state index contributed by atoms with van der Waals surface area (Å²) in [6.45, 7) is 3.03. The number of rotatable bonds is 3. The maximum absolute atomic E-state index is 5.19. The molecule has 1 rings (SSSR count). The second-order valence-electron chi connectivity index (χ2n) is 2.19. The van der Waals surface area contributed by atoms with Crippen LogP contribution in [0.15, 0.2) is 15.9 Å². The lowest BCUT2D eigenvalue weighted by Crippen LogP contribution is -2.41. The molecular formula is C6H12N6O. The van der Waals surface area contributed by atoms with Crippen molar-refractivity contribution in [1.82, 2.24) is 20.9 Å². The molecule has 4 N–H and O–H groups in total. The van der Waals surface area contributed by atoms with Crippen LogP contribution in [0.25, 0.3) is 0 Å². The number of hydrogen-bond acceptors (Lipinski definition) is 5. The van der Waals surface area contributed by atoms with Crippen LogP contribution in [-0.2, 0) is 6.54 Å². The molecule has 7 heteroatoms. The molecule has 0 saturated heterocycles. The first-order valence-corrected chi connectivity index (χ1v) is 3.87. The molecule has 0 atom stereocenters. The molecule has 0 aliphatic rings. The van der Waals surface area contributed by atoms with E-state index < -0.39 is 0 Å². The average Bonchev–Trinajstić information content (AvgIpc) is 2.64. The zero-order valence-electron chi connectivity index (χ0n) is 7.32. The Balaban J connectivity index is 2.45. The number of hydrazine groups is 1. The highest BCUT2D eigenvalue weighted by molar-refractivity contribution is 5.78. The smallest absolute Gasteiger partial charge is 0.213 e. The van der Waals surface area contributed by atoms with Gasteiger partial charge in [-0.3, -0.25) is 5.43 Å². The molecule has 0 unspecified atom stereocenters. The number of nitrogens with two attached hydrogens (primary N) is 1. The van der Waals surface area contributed by atoms with Crippen molar-refractivity contribution in [3.63, 3.8) is 0 Å². The van der Waals surface area contributed by atoms with E-state index in [1.54, 1.807) is 0 Å². The molecule has 72 valence electrons. The zero-order valence-corrected chi connectivity index (χ0v) is 7.32. The van der Waals surface area contributed by atoms with Crippen LogP contribution in [0.4, 0.5) is 0 Å². The number of nitrogens with one attached hydrogen (secondary N) is 2. The van der Waals surface area contributed by atoms with Gasteiger partial charge in [0.15, 0.2) is 5.82 Å². The molecule has 0 aliphatic heterocycles. The minimum absolute atomic E-state index is 0.336. The lowest BCUT2D eigenvalue weighted by Gasteiger charge is -2.04. The van der Waals surface area contributed by atoms with E-state index in [-0.39, 0.29) is 0 Å². The summed E-state index contributed by atoms with van der Waals surface area (Å²) in [5.41, 5.74) is 2.42. The van der Waals surface area contributed by atoms with Crippen LogP contribution in [0.1, 0.15) is 12.7 Å². The molecule has 1 aromatic rings. The predicted octanol–water partition coefficient (Wildman–Crippen LogP) is -1.00. The van der Waals surface area contributed by atoms with E-state index in [0.29, 0.717) is 18.3 Å². The van der Waals surface area contributed by atoms with Crippen molar-refractivity contribution in [2.75, 3.05) is 6.54 Å². The molecule has 1 heterocycles. The van der Waals surface area contributed by atoms with Gasteiger partial charge in [-0.15, -0.1) is 0 Å². The SMILES string of the molecule is CCNC(=NCc1ncon1)NN. The highest BCUT2D eigenvalue weighted by atomic mass is 16.5. The Morgan fingerprint density at radius 3 is 3.15 bits per heavy atom. The fraction of sp³-hybridized carbons (Fsp3) is 0.500. The predicted molar refractivity (Wildman–Crippen MR) is 46.4 cm³/mol. The number of aliphatic imine (C=N–C) groups is 1. The largest absolute Gasteiger partial charge is 0.356 e. The van der Waals surface area contributed by atoms with Gasteiger partial charge in [0.1, 0.15) is 6.54 Å². The first-order chi connectivity index (χ1) is 6.36. The first kappa shape index (κ1) is 9.46. The topological polar surface area (TPSA) is 101 Å². The lowest BCUT2D eigenvalue weighted by molar-refractivity contribution is 0.410. The van der Waals surface area contributed by atoms with Gasteiger partial charge < -0.3 is 9.84 Å². The highest BCUT2D eigenvalue weighted by Crippen LogP contribution is 1.90. The maximum Gasteiger partial charge on any atom is 0.213 e. The van der Waals surface area contributed by atoms with Crippen molar-refractivity contribution in [3.05, 3.63) is 12.2 Å². The number of nitrogens with zero attached hydrogens (tertiary/aromatic N) is 3. The molecule has 7 nitrogen and oxygen atoms in total. The summed E-state index contributed by atoms with van der Waals surface area (Å²) in [7, 11) is 0. The van der Waals surface area contributed by atoms with Crippen molar-refractivity contribution in [2.24, 2.45) is 10.8 Å². The molecule has 0 spiro atoms. The third-order valence-electron chi connectivity index (χ3n) is 1.27. The monoisotopic (exact) mass is 184 g/mol. The first-order valence-electron chi connectivity index (χ1n) is 3.87. The van der Waals surface area contributed by atoms with Gasteiger partial charge in [-0.25, -0.2) is 10.8 Å². The van der Waals surface area contributed by atoms with Gasteiger partial charge in [-0.05, 0) is 6.92 Å². The van der Waals surface area contributed by atoms with E-state index in [0.717, 1.165) is 6.54 Å². The second-order valence-corrected chi connectivity index (χ2v) is 2.19. The summed E-state index contributed by atoms with van der Waals surface area (Å²) in [5, 5.41) is 6.52. The fourth-order valence-corrected chi connectivity index (χ4v) is 0.732. The van der Waals surface area contributed by atoms with Crippen molar-refractivity contribution in [1.29, 1.82) is 0 Å². The molecule has 0 aromatic carbocycles. The van der Waals surface area contributed by atoms with E-state index >= 15 is 0 Å². The van der Waals surface area contributed by atoms with E-state index in [1.165, 1.54) is 6.39 Å². The van der Waals surface area contributed by atoms with E-state index in [9.17, 15) is 0 Å². The highest BCUT2D eigenvalue weighted by Gasteiger charge is 1.97. The van der Waals surface area contributed by atoms with Gasteiger partial charge in [0.25, 0.3) is 0 Å². The van der Waals surface area contributed by atoms with Gasteiger partial charge in [-0.2, -0.15) is 4.98 Å². The van der Waals surface area contributed by atoms with Gasteiger partial charge in [-0.1, -0.05) is 5.16 Å². The van der Waals surface area contributed by atoms with Crippen molar-refractivity contribution >= 4 is 5.96 Å². The quantitative estimate of drug-likeness (QED) is 0.241. The molecule has 0 bridgehead atoms. The normalized spacial score (nSPS) is 11.4. The molecule has 0 saturated carbocycles. The van der Waals surface area contributed by atoms with Crippen molar-refractivity contribution in [2.45, 2.75) is 13.5 Å². The van der Waals surface area contributed by atoms with Gasteiger partial charge in [0, 0.05) is 6.54 Å². The third kappa shape index (κ3) is 3.08. The van der Waals surface area contributed by atoms with Crippen LogP contribution >= 0.6 is 0 Å². The third-order valence-corrected chi connectivity index (χ3v) is 1.27. The van der Waals surface area contributed by atoms with E-state index in [4.69, 9.17) is 5.84 Å². The van der Waals surface area contributed by atoms with Crippen LogP contribution in [0.5, 0.6) is 0 Å². The van der Waals surface area contributed by atoms with E-state index in [2.05, 4.69) is 30.4 Å². The second kappa shape index (κ2) is 5.09. The van der Waals surface area contributed by atoms with Crippen LogP contribution in [0.2, 0.25) is 0 Å². The summed E-state index contributed by atoms with van der Waals surface area (Å²) in [6.07, 6.45) is 1.26. The van der Waals surface area contributed by atoms with Crippen LogP contribution in [0, 0.1) is 0 Å². The maximum atomic E-state index is 5.19. The number of guanidine groups is 1. The van der Waals surface area contributed by atoms with Gasteiger partial charge in [0.05, 0.1) is 0 Å². The Kier molecular flexibility index (Phi) is 3.71. The Bertz CT molecular complexity index is 256. The number of aromatic nitrogens is 2. The molecule has 1 aromatic heterocycles. The summed E-state index contributed by atoms with van der Waals surface area (Å²) in [6, 6.07) is 0. The minimum Gasteiger partial charge on any atom is -0.356 e. The van der Waals surface area contributed by atoms with Crippen LogP contribution < -0.4 is 16.6 Å². The molecule has 0 fully saturated rings. The Morgan fingerprint density at radius 2 is 2.62 bits per heavy atom. The summed E-state index contributed by atoms with van der Waals surface area (Å²) >= 11 is 0. The molecular weight excluding hydrogens is 172 g/mol. The van der Waals surface area contributed by atoms with Crippen LogP contribution in [-0.4, -0.2) is 22.6 Å². The summed E-state index contributed by atoms with van der Waals surface area (Å²) in [5.74, 6) is 6.22. The zero-order chi connectivity index (χ0) is 9.52. The van der Waals surface area contributed by atoms with E-state index in [1.807, 2.05) is 6.92 Å². The number of hydrogen-bond donors (Lipinski definition) is 3. The molecule has 0 radical (unpaired) electrons. The van der Waals surface area contributed by atoms with Crippen LogP contribution in [0.3, 0.4) is 0 Å². The Morgan fingerprint density at radius 1 is 1.77 bits per heavy atom. The molecule has 0 aliphatic carbocycles. The summed E-state index contributed by atoms with van der Waals surface area (Å²) in [4.78, 5) is 7.86. The van der Waals surface area contributed by atoms with Crippen molar-refractivity contribution in [3.8, 4) is 0 Å². The molecule has 0 amide bonds. The summed E-state index contributed by atoms with van der Waals surface area (Å²) < 4.78 is 4.54. The Labute approximate surface area is 75.4 Å². The Hall–Kier alpha value is -1.63. The molecule has 13 heavy (non-hydrogen) atoms. The van der Waals surface area contributed by atoms with Crippen molar-refractivity contribution < 1.29 is 4.52 Å². The minimum atomic E-state index is 0.336.